The molecule has 1 fully saturated rings. The van der Waals surface area contributed by atoms with Gasteiger partial charge < -0.3 is 44.5 Å². The second-order valence-electron chi connectivity index (χ2n) is 9.74. The third-order valence-electron chi connectivity index (χ3n) is 6.51. The molecule has 1 saturated heterocycles. The van der Waals surface area contributed by atoms with Gasteiger partial charge in [0.05, 0.1) is 77.0 Å². The van der Waals surface area contributed by atoms with Crippen LogP contribution in [0.15, 0.2) is 30.5 Å². The maximum Gasteiger partial charge on any atom is 0.226 e. The lowest BCUT2D eigenvalue weighted by Crippen LogP contribution is -2.21. The molecule has 3 heterocycles. The van der Waals surface area contributed by atoms with Crippen molar-refractivity contribution >= 4 is 40.0 Å². The number of anilines is 2. The van der Waals surface area contributed by atoms with Crippen molar-refractivity contribution in [3.8, 4) is 12.3 Å². The van der Waals surface area contributed by atoms with Gasteiger partial charge >= 0.3 is 0 Å². The molecule has 238 valence electrons. The number of hydrogen-bond donors (Lipinski definition) is 4. The highest BCUT2D eigenvalue weighted by molar-refractivity contribution is 6.28. The summed E-state index contributed by atoms with van der Waals surface area (Å²) in [6.07, 6.45) is 5.04. The van der Waals surface area contributed by atoms with E-state index >= 15 is 0 Å². The zero-order valence-corrected chi connectivity index (χ0v) is 24.9. The molecule has 3 atom stereocenters. The van der Waals surface area contributed by atoms with Crippen molar-refractivity contribution in [3.63, 3.8) is 0 Å². The van der Waals surface area contributed by atoms with Gasteiger partial charge in [-0.1, -0.05) is 18.1 Å². The Morgan fingerprint density at radius 1 is 1.07 bits per heavy atom. The van der Waals surface area contributed by atoms with Crippen molar-refractivity contribution in [1.29, 1.82) is 0 Å². The molecule has 0 radical (unpaired) electrons. The van der Waals surface area contributed by atoms with Crippen LogP contribution in [-0.4, -0.2) is 108 Å². The first-order valence-electron chi connectivity index (χ1n) is 14.2. The maximum atomic E-state index is 12.3. The van der Waals surface area contributed by atoms with Crippen LogP contribution < -0.4 is 10.6 Å². The number of nitrogens with one attached hydrogen (secondary N) is 2. The van der Waals surface area contributed by atoms with E-state index in [2.05, 4.69) is 31.6 Å². The van der Waals surface area contributed by atoms with Crippen molar-refractivity contribution in [3.05, 3.63) is 41.3 Å². The predicted molar refractivity (Wildman–Crippen MR) is 161 cm³/mol. The van der Waals surface area contributed by atoms with E-state index in [9.17, 15) is 15.0 Å². The first kappa shape index (κ1) is 33.5. The number of rotatable bonds is 19. The Kier molecular flexibility index (Phi) is 13.5. The molecule has 4 N–H and O–H groups in total. The minimum Gasteiger partial charge on any atom is -0.394 e. The standard InChI is InChI=1S/C29H37ClN6O8/c1-2-8-40-10-12-42-14-15-43-13-11-41-9-7-25(39)33-21-5-3-20(4-6-21)17-31-26-23-18-32-36(27(23)35-29(30)34-26)28-24(38)16-22(19-37)44-28/h1,3-6,18,22,24,28,37-38H,7-17,19H2,(H,33,39)(H,31,34,35)/t22-,24+,28+/m0/s1. The molecule has 1 aliphatic rings. The number of carbonyl (C=O) groups is 1. The van der Waals surface area contributed by atoms with Gasteiger partial charge in [-0.15, -0.1) is 6.42 Å². The zero-order valence-electron chi connectivity index (χ0n) is 24.2. The number of hydrogen-bond acceptors (Lipinski definition) is 12. The molecule has 0 unspecified atom stereocenters. The molecule has 1 aliphatic heterocycles. The Bertz CT molecular complexity index is 1370. The average Bonchev–Trinajstić information content (AvgIpc) is 3.61. The molecule has 15 heteroatoms. The number of aromatic nitrogens is 4. The summed E-state index contributed by atoms with van der Waals surface area (Å²) in [5.74, 6) is 2.69. The van der Waals surface area contributed by atoms with Crippen LogP contribution in [0, 0.1) is 12.3 Å². The van der Waals surface area contributed by atoms with E-state index < -0.39 is 18.4 Å². The molecule has 3 aromatic rings. The van der Waals surface area contributed by atoms with Gasteiger partial charge in [-0.05, 0) is 29.3 Å². The van der Waals surface area contributed by atoms with Crippen molar-refractivity contribution in [1.82, 2.24) is 19.7 Å². The van der Waals surface area contributed by atoms with E-state index in [-0.39, 0.29) is 43.9 Å². The van der Waals surface area contributed by atoms with Gasteiger partial charge in [0.2, 0.25) is 11.2 Å². The van der Waals surface area contributed by atoms with E-state index in [0.29, 0.717) is 68.7 Å². The van der Waals surface area contributed by atoms with Crippen molar-refractivity contribution < 1.29 is 38.7 Å². The Labute approximate surface area is 259 Å². The largest absolute Gasteiger partial charge is 0.394 e. The molecule has 14 nitrogen and oxygen atoms in total. The average molecular weight is 633 g/mol. The summed E-state index contributed by atoms with van der Waals surface area (Å²) in [6, 6.07) is 7.38. The number of aliphatic hydroxyl groups is 2. The first-order valence-corrected chi connectivity index (χ1v) is 14.6. The maximum absolute atomic E-state index is 12.3. The summed E-state index contributed by atoms with van der Waals surface area (Å²) in [7, 11) is 0. The fourth-order valence-electron chi connectivity index (χ4n) is 4.36. The lowest BCUT2D eigenvalue weighted by atomic mass is 10.2. The molecular formula is C29H37ClN6O8. The third kappa shape index (κ3) is 10.1. The Morgan fingerprint density at radius 2 is 1.75 bits per heavy atom. The van der Waals surface area contributed by atoms with E-state index in [4.69, 9.17) is 41.7 Å². The second-order valence-corrected chi connectivity index (χ2v) is 10.1. The zero-order chi connectivity index (χ0) is 31.1. The number of aliphatic hydroxyl groups excluding tert-OH is 2. The van der Waals surface area contributed by atoms with Crippen molar-refractivity contribution in [2.75, 3.05) is 70.1 Å². The monoisotopic (exact) mass is 632 g/mol. The number of amides is 1. The van der Waals surface area contributed by atoms with E-state index in [1.54, 1.807) is 6.20 Å². The topological polar surface area (TPSA) is 171 Å². The van der Waals surface area contributed by atoms with Gasteiger partial charge in [0.15, 0.2) is 11.9 Å². The van der Waals surface area contributed by atoms with Gasteiger partial charge in [0.1, 0.15) is 18.5 Å². The first-order chi connectivity index (χ1) is 21.5. The predicted octanol–water partition coefficient (Wildman–Crippen LogP) is 1.76. The molecule has 0 bridgehead atoms. The van der Waals surface area contributed by atoms with Crippen LogP contribution in [0.1, 0.15) is 24.6 Å². The smallest absolute Gasteiger partial charge is 0.226 e. The molecule has 2 aromatic heterocycles. The summed E-state index contributed by atoms with van der Waals surface area (Å²) >= 11 is 6.19. The minimum absolute atomic E-state index is 0.00611. The lowest BCUT2D eigenvalue weighted by Gasteiger charge is -2.16. The van der Waals surface area contributed by atoms with Gasteiger partial charge in [0.25, 0.3) is 0 Å². The highest BCUT2D eigenvalue weighted by Gasteiger charge is 2.36. The van der Waals surface area contributed by atoms with Crippen molar-refractivity contribution in [2.45, 2.75) is 37.8 Å². The number of fused-ring (bicyclic) bond motifs is 1. The van der Waals surface area contributed by atoms with E-state index in [1.807, 2.05) is 24.3 Å². The van der Waals surface area contributed by atoms with Crippen molar-refractivity contribution in [2.24, 2.45) is 0 Å². The van der Waals surface area contributed by atoms with Crippen LogP contribution in [0.4, 0.5) is 11.5 Å². The van der Waals surface area contributed by atoms with Crippen LogP contribution in [0.5, 0.6) is 0 Å². The molecular weight excluding hydrogens is 596 g/mol. The van der Waals surface area contributed by atoms with Crippen LogP contribution in [0.3, 0.4) is 0 Å². The summed E-state index contributed by atoms with van der Waals surface area (Å²) in [6.45, 7) is 3.37. The number of carbonyl (C=O) groups excluding carboxylic acids is 1. The fraction of sp³-hybridized carbons (Fsp3) is 0.517. The van der Waals surface area contributed by atoms with E-state index in [0.717, 1.165) is 5.56 Å². The van der Waals surface area contributed by atoms with Crippen LogP contribution in [0.2, 0.25) is 5.28 Å². The van der Waals surface area contributed by atoms with Crippen LogP contribution >= 0.6 is 11.6 Å². The number of nitrogens with zero attached hydrogens (tertiary/aromatic N) is 4. The Morgan fingerprint density at radius 3 is 2.41 bits per heavy atom. The SMILES string of the molecule is C#CCOCCOCCOCCOCCC(=O)Nc1ccc(CNc2nc(Cl)nc3c2cnn3[C@@H]2O[C@H](CO)C[C@H]2O)cc1. The molecule has 0 saturated carbocycles. The molecule has 0 spiro atoms. The summed E-state index contributed by atoms with van der Waals surface area (Å²) < 4.78 is 28.5. The summed E-state index contributed by atoms with van der Waals surface area (Å²) in [5.41, 5.74) is 2.00. The molecule has 4 rings (SSSR count). The minimum atomic E-state index is -0.848. The van der Waals surface area contributed by atoms with Crippen LogP contribution in [-0.2, 0) is 35.0 Å². The van der Waals surface area contributed by atoms with Gasteiger partial charge in [-0.25, -0.2) is 4.68 Å². The summed E-state index contributed by atoms with van der Waals surface area (Å²) in [4.78, 5) is 20.8. The van der Waals surface area contributed by atoms with Crippen LogP contribution in [0.25, 0.3) is 11.0 Å². The van der Waals surface area contributed by atoms with Gasteiger partial charge in [0, 0.05) is 18.7 Å². The molecule has 1 aromatic carbocycles. The summed E-state index contributed by atoms with van der Waals surface area (Å²) in [5, 5.41) is 30.8. The molecule has 0 aliphatic carbocycles. The van der Waals surface area contributed by atoms with Gasteiger partial charge in [-0.3, -0.25) is 4.79 Å². The quantitative estimate of drug-likeness (QED) is 0.0859. The highest BCUT2D eigenvalue weighted by atomic mass is 35.5. The molecule has 44 heavy (non-hydrogen) atoms. The normalized spacial score (nSPS) is 18.0. The highest BCUT2D eigenvalue weighted by Crippen LogP contribution is 2.32. The van der Waals surface area contributed by atoms with E-state index in [1.165, 1.54) is 4.68 Å². The Hall–Kier alpha value is -3.39. The number of benzene rings is 1. The molecule has 1 amide bonds. The second kappa shape index (κ2) is 17.8. The Balaban J connectivity index is 1.14. The lowest BCUT2D eigenvalue weighted by molar-refractivity contribution is -0.117. The third-order valence-corrected chi connectivity index (χ3v) is 6.68. The fourth-order valence-corrected chi connectivity index (χ4v) is 4.52. The number of ether oxygens (including phenoxy) is 5. The number of terminal acetylenes is 1. The van der Waals surface area contributed by atoms with Gasteiger partial charge in [-0.2, -0.15) is 15.1 Å². The number of halogens is 1.